The summed E-state index contributed by atoms with van der Waals surface area (Å²) in [5.74, 6) is 1.20. The van der Waals surface area contributed by atoms with Crippen molar-refractivity contribution in [2.75, 3.05) is 5.32 Å². The number of hydrogen-bond donors (Lipinski definition) is 1. The number of rotatable bonds is 6. The zero-order chi connectivity index (χ0) is 16.8. The SMILES string of the molecule is CCc1cccc(Oc2ccc(NC(=O)Cc3ccsc3)cn2)c1. The smallest absolute Gasteiger partial charge is 0.228 e. The lowest BCUT2D eigenvalue weighted by Crippen LogP contribution is -2.14. The summed E-state index contributed by atoms with van der Waals surface area (Å²) in [5.41, 5.74) is 2.89. The Morgan fingerprint density at radius 2 is 2.12 bits per heavy atom. The molecule has 4 nitrogen and oxygen atoms in total. The molecule has 0 saturated heterocycles. The van der Waals surface area contributed by atoms with E-state index < -0.39 is 0 Å². The van der Waals surface area contributed by atoms with Crippen molar-refractivity contribution in [3.8, 4) is 11.6 Å². The Kier molecular flexibility index (Phi) is 5.23. The van der Waals surface area contributed by atoms with Gasteiger partial charge in [0.2, 0.25) is 11.8 Å². The topological polar surface area (TPSA) is 51.2 Å². The number of anilines is 1. The largest absolute Gasteiger partial charge is 0.439 e. The van der Waals surface area contributed by atoms with Crippen LogP contribution in [-0.4, -0.2) is 10.9 Å². The Morgan fingerprint density at radius 3 is 2.83 bits per heavy atom. The predicted octanol–water partition coefficient (Wildman–Crippen LogP) is 4.68. The first-order chi connectivity index (χ1) is 11.7. The van der Waals surface area contributed by atoms with E-state index in [0.717, 1.165) is 17.7 Å². The molecule has 1 N–H and O–H groups in total. The summed E-state index contributed by atoms with van der Waals surface area (Å²) < 4.78 is 5.74. The number of hydrogen-bond acceptors (Lipinski definition) is 4. The van der Waals surface area contributed by atoms with E-state index in [-0.39, 0.29) is 5.91 Å². The molecule has 2 aromatic heterocycles. The molecule has 0 atom stereocenters. The standard InChI is InChI=1S/C19H18N2O2S/c1-2-14-4-3-5-17(10-14)23-19-7-6-16(12-20-19)21-18(22)11-15-8-9-24-13-15/h3-10,12-13H,2,11H2,1H3,(H,21,22). The van der Waals surface area contributed by atoms with E-state index in [0.29, 0.717) is 18.0 Å². The molecule has 1 amide bonds. The number of carbonyl (C=O) groups is 1. The maximum absolute atomic E-state index is 12.0. The molecular weight excluding hydrogens is 320 g/mol. The molecule has 0 aliphatic rings. The normalized spacial score (nSPS) is 10.4. The van der Waals surface area contributed by atoms with Gasteiger partial charge in [0.15, 0.2) is 0 Å². The maximum atomic E-state index is 12.0. The quantitative estimate of drug-likeness (QED) is 0.710. The number of amides is 1. The minimum atomic E-state index is -0.0560. The van der Waals surface area contributed by atoms with Crippen LogP contribution < -0.4 is 10.1 Å². The lowest BCUT2D eigenvalue weighted by atomic mass is 10.2. The summed E-state index contributed by atoms with van der Waals surface area (Å²) in [6.07, 6.45) is 2.93. The molecule has 0 aliphatic carbocycles. The maximum Gasteiger partial charge on any atom is 0.228 e. The van der Waals surface area contributed by atoms with Crippen molar-refractivity contribution in [1.82, 2.24) is 4.98 Å². The van der Waals surface area contributed by atoms with E-state index in [1.165, 1.54) is 5.56 Å². The van der Waals surface area contributed by atoms with Crippen LogP contribution in [0.1, 0.15) is 18.1 Å². The molecule has 0 spiro atoms. The van der Waals surface area contributed by atoms with Gasteiger partial charge >= 0.3 is 0 Å². The molecule has 1 aromatic carbocycles. The van der Waals surface area contributed by atoms with Gasteiger partial charge in [0.05, 0.1) is 18.3 Å². The van der Waals surface area contributed by atoms with Crippen molar-refractivity contribution in [2.24, 2.45) is 0 Å². The molecular formula is C19H18N2O2S. The number of benzene rings is 1. The van der Waals surface area contributed by atoms with E-state index in [4.69, 9.17) is 4.74 Å². The zero-order valence-electron chi connectivity index (χ0n) is 13.4. The highest BCUT2D eigenvalue weighted by Crippen LogP contribution is 2.21. The Bertz CT molecular complexity index is 798. The summed E-state index contributed by atoms with van der Waals surface area (Å²) in [6.45, 7) is 2.10. The van der Waals surface area contributed by atoms with E-state index in [9.17, 15) is 4.79 Å². The van der Waals surface area contributed by atoms with E-state index in [2.05, 4.69) is 23.3 Å². The van der Waals surface area contributed by atoms with Crippen molar-refractivity contribution >= 4 is 22.9 Å². The summed E-state index contributed by atoms with van der Waals surface area (Å²) in [5, 5.41) is 6.77. The molecule has 5 heteroatoms. The first-order valence-electron chi connectivity index (χ1n) is 7.76. The van der Waals surface area contributed by atoms with Crippen molar-refractivity contribution < 1.29 is 9.53 Å². The Labute approximate surface area is 145 Å². The van der Waals surface area contributed by atoms with Gasteiger partial charge < -0.3 is 10.1 Å². The molecule has 0 fully saturated rings. The van der Waals surface area contributed by atoms with Crippen LogP contribution in [0.3, 0.4) is 0 Å². The summed E-state index contributed by atoms with van der Waals surface area (Å²) in [7, 11) is 0. The fraction of sp³-hybridized carbons (Fsp3) is 0.158. The first kappa shape index (κ1) is 16.2. The van der Waals surface area contributed by atoms with Crippen molar-refractivity contribution in [3.63, 3.8) is 0 Å². The van der Waals surface area contributed by atoms with E-state index in [1.54, 1.807) is 29.7 Å². The number of aryl methyl sites for hydroxylation is 1. The van der Waals surface area contributed by atoms with Gasteiger partial charge in [-0.05, 0) is 52.6 Å². The third-order valence-corrected chi connectivity index (χ3v) is 4.23. The highest BCUT2D eigenvalue weighted by Gasteiger charge is 2.06. The molecule has 2 heterocycles. The fourth-order valence-electron chi connectivity index (χ4n) is 2.25. The van der Waals surface area contributed by atoms with Gasteiger partial charge in [-0.3, -0.25) is 4.79 Å². The number of pyridine rings is 1. The third kappa shape index (κ3) is 4.43. The monoisotopic (exact) mass is 338 g/mol. The van der Waals surface area contributed by atoms with Crippen LogP contribution in [0.15, 0.2) is 59.4 Å². The summed E-state index contributed by atoms with van der Waals surface area (Å²) >= 11 is 1.58. The van der Waals surface area contributed by atoms with Gasteiger partial charge in [-0.25, -0.2) is 4.98 Å². The van der Waals surface area contributed by atoms with Crippen LogP contribution in [0.4, 0.5) is 5.69 Å². The third-order valence-electron chi connectivity index (χ3n) is 3.49. The van der Waals surface area contributed by atoms with Crippen molar-refractivity contribution in [1.29, 1.82) is 0 Å². The van der Waals surface area contributed by atoms with Gasteiger partial charge in [-0.1, -0.05) is 19.1 Å². The van der Waals surface area contributed by atoms with Gasteiger partial charge in [-0.2, -0.15) is 11.3 Å². The van der Waals surface area contributed by atoms with Crippen LogP contribution >= 0.6 is 11.3 Å². The summed E-state index contributed by atoms with van der Waals surface area (Å²) in [6, 6.07) is 13.4. The van der Waals surface area contributed by atoms with E-state index >= 15 is 0 Å². The van der Waals surface area contributed by atoms with Gasteiger partial charge in [-0.15, -0.1) is 0 Å². The number of nitrogens with one attached hydrogen (secondary N) is 1. The number of thiophene rings is 1. The van der Waals surface area contributed by atoms with Gasteiger partial charge in [0.1, 0.15) is 5.75 Å². The zero-order valence-corrected chi connectivity index (χ0v) is 14.2. The van der Waals surface area contributed by atoms with Crippen molar-refractivity contribution in [2.45, 2.75) is 19.8 Å². The number of aromatic nitrogens is 1. The second kappa shape index (κ2) is 7.75. The van der Waals surface area contributed by atoms with Crippen molar-refractivity contribution in [3.05, 3.63) is 70.5 Å². The number of ether oxygens (including phenoxy) is 1. The van der Waals surface area contributed by atoms with E-state index in [1.807, 2.05) is 35.0 Å². The lowest BCUT2D eigenvalue weighted by molar-refractivity contribution is -0.115. The fourth-order valence-corrected chi connectivity index (χ4v) is 2.92. The molecule has 0 aliphatic heterocycles. The lowest BCUT2D eigenvalue weighted by Gasteiger charge is -2.08. The average Bonchev–Trinajstić information content (AvgIpc) is 3.09. The highest BCUT2D eigenvalue weighted by molar-refractivity contribution is 7.08. The summed E-state index contributed by atoms with van der Waals surface area (Å²) in [4.78, 5) is 16.2. The Morgan fingerprint density at radius 1 is 1.21 bits per heavy atom. The first-order valence-corrected chi connectivity index (χ1v) is 8.71. The second-order valence-corrected chi connectivity index (χ2v) is 6.12. The number of nitrogens with zero attached hydrogens (tertiary/aromatic N) is 1. The highest BCUT2D eigenvalue weighted by atomic mass is 32.1. The van der Waals surface area contributed by atoms with Gasteiger partial charge in [0, 0.05) is 6.07 Å². The molecule has 122 valence electrons. The number of carbonyl (C=O) groups excluding carboxylic acids is 1. The van der Waals surface area contributed by atoms with Gasteiger partial charge in [0.25, 0.3) is 0 Å². The molecule has 3 rings (SSSR count). The molecule has 0 bridgehead atoms. The van der Waals surface area contributed by atoms with Crippen LogP contribution in [0.5, 0.6) is 11.6 Å². The Hall–Kier alpha value is -2.66. The van der Waals surface area contributed by atoms with Crippen LogP contribution in [0, 0.1) is 0 Å². The minimum Gasteiger partial charge on any atom is -0.439 e. The van der Waals surface area contributed by atoms with Crippen LogP contribution in [0.25, 0.3) is 0 Å². The molecule has 24 heavy (non-hydrogen) atoms. The molecule has 3 aromatic rings. The molecule has 0 saturated carbocycles. The minimum absolute atomic E-state index is 0.0560. The predicted molar refractivity (Wildman–Crippen MR) is 96.8 cm³/mol. The van der Waals surface area contributed by atoms with Crippen LogP contribution in [0.2, 0.25) is 0 Å². The molecule has 0 radical (unpaired) electrons. The van der Waals surface area contributed by atoms with Crippen LogP contribution in [-0.2, 0) is 17.6 Å². The molecule has 0 unspecified atom stereocenters. The second-order valence-electron chi connectivity index (χ2n) is 5.34. The average molecular weight is 338 g/mol. The Balaban J connectivity index is 1.59.